The normalized spacial score (nSPS) is 13.1. The van der Waals surface area contributed by atoms with Crippen LogP contribution in [0.4, 0.5) is 0 Å². The van der Waals surface area contributed by atoms with Crippen LogP contribution in [0.15, 0.2) is 24.3 Å². The van der Waals surface area contributed by atoms with Crippen molar-refractivity contribution in [3.8, 4) is 0 Å². The van der Waals surface area contributed by atoms with Crippen molar-refractivity contribution in [1.29, 1.82) is 0 Å². The van der Waals surface area contributed by atoms with E-state index in [9.17, 15) is 0 Å². The third-order valence-corrected chi connectivity index (χ3v) is 1.94. The fraction of sp³-hybridized carbons (Fsp3) is 0.143. The second kappa shape index (κ2) is 3.22. The van der Waals surface area contributed by atoms with Crippen LogP contribution in [0.3, 0.4) is 0 Å². The van der Waals surface area contributed by atoms with Crippen molar-refractivity contribution in [1.82, 2.24) is 0 Å². The van der Waals surface area contributed by atoms with Gasteiger partial charge in [0.1, 0.15) is 0 Å². The summed E-state index contributed by atoms with van der Waals surface area (Å²) in [5.74, 6) is 0. The molecule has 0 saturated carbocycles. The fourth-order valence-corrected chi connectivity index (χ4v) is 1.09. The average Bonchev–Trinajstić information content (AvgIpc) is 1.90. The maximum atomic E-state index is 5.62. The Hall–Kier alpha value is -0.0304. The van der Waals surface area contributed by atoms with Crippen molar-refractivity contribution >= 4 is 22.3 Å². The molecule has 9 heavy (non-hydrogen) atoms. The Bertz CT molecular complexity index is 172. The van der Waals surface area contributed by atoms with Crippen LogP contribution in [0.5, 0.6) is 0 Å². The molecule has 47 valence electrons. The second-order valence-electron chi connectivity index (χ2n) is 1.78. The molecule has 0 aliphatic carbocycles. The zero-order valence-corrected chi connectivity index (χ0v) is 7.46. The standard InChI is InChI=1S/C7H8NTe/c8-7(9)6-4-2-1-3-5-6/h2-5,7,9H,8H2. The first-order valence-electron chi connectivity index (χ1n) is 2.70. The van der Waals surface area contributed by atoms with Gasteiger partial charge in [-0.15, -0.1) is 0 Å². The predicted octanol–water partition coefficient (Wildman–Crippen LogP) is 0.345. The molecule has 1 radical (unpaired) electrons. The molecule has 0 saturated heterocycles. The molecule has 0 aromatic heterocycles. The molecule has 0 aliphatic heterocycles. The average molecular weight is 234 g/mol. The summed E-state index contributed by atoms with van der Waals surface area (Å²) in [6, 6.07) is 10.7. The third-order valence-electron chi connectivity index (χ3n) is 1.09. The molecular formula is C7H8NTe. The quantitative estimate of drug-likeness (QED) is 0.696. The van der Waals surface area contributed by atoms with Crippen LogP contribution in [-0.2, 0) is 0 Å². The topological polar surface area (TPSA) is 26.0 Å². The van der Waals surface area contributed by atoms with E-state index in [0.29, 0.717) is 0 Å². The summed E-state index contributed by atoms with van der Waals surface area (Å²) >= 11 is 1.63. The van der Waals surface area contributed by atoms with Crippen LogP contribution in [0.2, 0.25) is 0 Å². The van der Waals surface area contributed by atoms with Crippen molar-refractivity contribution in [2.75, 3.05) is 0 Å². The molecule has 0 bridgehead atoms. The molecule has 0 spiro atoms. The molecule has 1 aromatic rings. The number of nitrogens with two attached hydrogens (primary N) is 1. The van der Waals surface area contributed by atoms with Gasteiger partial charge in [0.05, 0.1) is 0 Å². The van der Waals surface area contributed by atoms with Crippen LogP contribution >= 0.6 is 0 Å². The minimum absolute atomic E-state index is 0.189. The van der Waals surface area contributed by atoms with Gasteiger partial charge in [0.2, 0.25) is 0 Å². The van der Waals surface area contributed by atoms with E-state index < -0.39 is 0 Å². The Morgan fingerprint density at radius 3 is 2.33 bits per heavy atom. The molecule has 1 nitrogen and oxygen atoms in total. The van der Waals surface area contributed by atoms with Crippen LogP contribution in [0.1, 0.15) is 9.65 Å². The number of hydrogen-bond donors (Lipinski definition) is 1. The second-order valence-corrected chi connectivity index (χ2v) is 3.37. The first-order valence-corrected chi connectivity index (χ1v) is 4.18. The first-order chi connectivity index (χ1) is 4.30. The maximum absolute atomic E-state index is 5.62. The predicted molar refractivity (Wildman–Crippen MR) is 39.4 cm³/mol. The summed E-state index contributed by atoms with van der Waals surface area (Å²) < 4.78 is 0.189. The summed E-state index contributed by atoms with van der Waals surface area (Å²) in [5, 5.41) is 0. The summed E-state index contributed by atoms with van der Waals surface area (Å²) in [6.45, 7) is 0. The van der Waals surface area contributed by atoms with E-state index in [4.69, 9.17) is 5.73 Å². The molecule has 2 heteroatoms. The Morgan fingerprint density at radius 1 is 1.44 bits per heavy atom. The molecule has 0 heterocycles. The fourth-order valence-electron chi connectivity index (χ4n) is 0.597. The zero-order valence-electron chi connectivity index (χ0n) is 4.91. The van der Waals surface area contributed by atoms with E-state index in [-0.39, 0.29) is 4.09 Å². The van der Waals surface area contributed by atoms with Gasteiger partial charge in [-0.2, -0.15) is 0 Å². The van der Waals surface area contributed by atoms with Crippen LogP contribution in [-0.4, -0.2) is 22.3 Å². The van der Waals surface area contributed by atoms with Crippen LogP contribution in [0, 0.1) is 6.07 Å². The summed E-state index contributed by atoms with van der Waals surface area (Å²) in [7, 11) is 0. The van der Waals surface area contributed by atoms with Gasteiger partial charge < -0.3 is 0 Å². The van der Waals surface area contributed by atoms with Crippen molar-refractivity contribution < 1.29 is 0 Å². The van der Waals surface area contributed by atoms with Gasteiger partial charge in [-0.25, -0.2) is 0 Å². The van der Waals surface area contributed by atoms with E-state index in [1.165, 1.54) is 5.56 Å². The van der Waals surface area contributed by atoms with Crippen molar-refractivity contribution in [3.63, 3.8) is 0 Å². The molecular weight excluding hydrogens is 226 g/mol. The van der Waals surface area contributed by atoms with Crippen molar-refractivity contribution in [3.05, 3.63) is 35.9 Å². The monoisotopic (exact) mass is 236 g/mol. The van der Waals surface area contributed by atoms with E-state index in [2.05, 4.69) is 6.07 Å². The Kier molecular flexibility index (Phi) is 2.53. The van der Waals surface area contributed by atoms with Gasteiger partial charge in [-0.05, 0) is 0 Å². The molecule has 1 atom stereocenters. The molecule has 1 rings (SSSR count). The Morgan fingerprint density at radius 2 is 2.00 bits per heavy atom. The molecule has 1 aromatic carbocycles. The van der Waals surface area contributed by atoms with E-state index in [1.807, 2.05) is 24.3 Å². The summed E-state index contributed by atoms with van der Waals surface area (Å²) in [6.07, 6.45) is 0. The molecule has 1 unspecified atom stereocenters. The number of hydrogen-bond acceptors (Lipinski definition) is 1. The van der Waals surface area contributed by atoms with Gasteiger partial charge in [0, 0.05) is 0 Å². The summed E-state index contributed by atoms with van der Waals surface area (Å²) in [5.41, 5.74) is 6.81. The molecule has 0 aliphatic rings. The Labute approximate surface area is 68.2 Å². The third kappa shape index (κ3) is 1.98. The summed E-state index contributed by atoms with van der Waals surface area (Å²) in [4.78, 5) is 0. The molecule has 0 fully saturated rings. The van der Waals surface area contributed by atoms with Gasteiger partial charge in [-0.1, -0.05) is 0 Å². The van der Waals surface area contributed by atoms with Gasteiger partial charge in [0.15, 0.2) is 0 Å². The van der Waals surface area contributed by atoms with E-state index in [1.54, 1.807) is 22.3 Å². The SMILES string of the molecule is NC([TeH])c1cc[c]cc1. The van der Waals surface area contributed by atoms with Crippen molar-refractivity contribution in [2.45, 2.75) is 4.09 Å². The van der Waals surface area contributed by atoms with Crippen molar-refractivity contribution in [2.24, 2.45) is 5.73 Å². The molecule has 0 amide bonds. The van der Waals surface area contributed by atoms with Gasteiger partial charge in [0.25, 0.3) is 0 Å². The van der Waals surface area contributed by atoms with Gasteiger partial charge in [-0.3, -0.25) is 0 Å². The number of benzene rings is 1. The first kappa shape index (κ1) is 7.08. The van der Waals surface area contributed by atoms with Crippen LogP contribution < -0.4 is 5.73 Å². The van der Waals surface area contributed by atoms with E-state index >= 15 is 0 Å². The minimum atomic E-state index is 0.189. The Balaban J connectivity index is 2.85. The van der Waals surface area contributed by atoms with Gasteiger partial charge >= 0.3 is 68.0 Å². The molecule has 2 N–H and O–H groups in total. The zero-order chi connectivity index (χ0) is 6.69. The van der Waals surface area contributed by atoms with Crippen LogP contribution in [0.25, 0.3) is 0 Å². The van der Waals surface area contributed by atoms with E-state index in [0.717, 1.165) is 0 Å². The number of rotatable bonds is 1.